The van der Waals surface area contributed by atoms with Crippen molar-refractivity contribution in [2.75, 3.05) is 0 Å². The van der Waals surface area contributed by atoms with Gasteiger partial charge in [0.1, 0.15) is 4.60 Å². The second-order valence-corrected chi connectivity index (χ2v) is 4.60. The zero-order valence-electron chi connectivity index (χ0n) is 7.76. The van der Waals surface area contributed by atoms with Crippen molar-refractivity contribution in [1.29, 1.82) is 0 Å². The molecule has 0 unspecified atom stereocenters. The predicted octanol–water partition coefficient (Wildman–Crippen LogP) is 2.91. The van der Waals surface area contributed by atoms with Gasteiger partial charge in [-0.1, -0.05) is 0 Å². The molecule has 0 saturated heterocycles. The fraction of sp³-hybridized carbons (Fsp3) is 0. The van der Waals surface area contributed by atoms with E-state index >= 15 is 0 Å². The van der Waals surface area contributed by atoms with Crippen LogP contribution in [0.3, 0.4) is 0 Å². The molecule has 3 rings (SSSR count). The minimum absolute atomic E-state index is 0.533. The van der Waals surface area contributed by atoms with Crippen LogP contribution in [0, 0.1) is 0 Å². The highest BCUT2D eigenvalue weighted by Crippen LogP contribution is 2.21. The predicted molar refractivity (Wildman–Crippen MR) is 63.9 cm³/mol. The SMILES string of the molecule is Brc1cn2nc(-c3ccco3)nc2c(Br)n1. The number of halogens is 2. The number of hydrogen-bond acceptors (Lipinski definition) is 4. The molecule has 0 fully saturated rings. The molecule has 3 aromatic rings. The van der Waals surface area contributed by atoms with Gasteiger partial charge in [0.15, 0.2) is 16.0 Å². The van der Waals surface area contributed by atoms with Gasteiger partial charge in [-0.3, -0.25) is 0 Å². The van der Waals surface area contributed by atoms with Crippen molar-refractivity contribution in [2.45, 2.75) is 0 Å². The first-order chi connectivity index (χ1) is 7.74. The fourth-order valence-electron chi connectivity index (χ4n) is 1.34. The molecule has 5 nitrogen and oxygen atoms in total. The lowest BCUT2D eigenvalue weighted by Crippen LogP contribution is -1.91. The van der Waals surface area contributed by atoms with E-state index in [0.717, 1.165) is 0 Å². The number of hydrogen-bond donors (Lipinski definition) is 0. The Morgan fingerprint density at radius 3 is 2.88 bits per heavy atom. The van der Waals surface area contributed by atoms with Crippen molar-refractivity contribution >= 4 is 37.5 Å². The quantitative estimate of drug-likeness (QED) is 0.681. The Balaban J connectivity index is 2.27. The molecule has 0 aliphatic carbocycles. The van der Waals surface area contributed by atoms with Crippen molar-refractivity contribution < 1.29 is 4.42 Å². The van der Waals surface area contributed by atoms with E-state index in [4.69, 9.17) is 4.42 Å². The molecular formula is C9H4Br2N4O. The maximum atomic E-state index is 5.23. The number of aromatic nitrogens is 4. The van der Waals surface area contributed by atoms with Gasteiger partial charge in [0.2, 0.25) is 5.82 Å². The Hall–Kier alpha value is -1.21. The molecule has 0 bridgehead atoms. The van der Waals surface area contributed by atoms with E-state index in [1.807, 2.05) is 6.07 Å². The summed E-state index contributed by atoms with van der Waals surface area (Å²) in [5.74, 6) is 1.16. The van der Waals surface area contributed by atoms with Crippen LogP contribution in [0.5, 0.6) is 0 Å². The molecule has 0 saturated carbocycles. The van der Waals surface area contributed by atoms with Crippen LogP contribution in [-0.4, -0.2) is 19.6 Å². The summed E-state index contributed by atoms with van der Waals surface area (Å²) in [5, 5.41) is 4.29. The summed E-state index contributed by atoms with van der Waals surface area (Å²) in [6, 6.07) is 3.61. The van der Waals surface area contributed by atoms with E-state index in [9.17, 15) is 0 Å². The van der Waals surface area contributed by atoms with Gasteiger partial charge in [0.25, 0.3) is 0 Å². The first-order valence-corrected chi connectivity index (χ1v) is 5.95. The van der Waals surface area contributed by atoms with Gasteiger partial charge in [-0.25, -0.2) is 14.5 Å². The van der Waals surface area contributed by atoms with Gasteiger partial charge < -0.3 is 4.42 Å². The lowest BCUT2D eigenvalue weighted by atomic mass is 10.4. The van der Waals surface area contributed by atoms with Crippen molar-refractivity contribution in [2.24, 2.45) is 0 Å². The molecule has 0 atom stereocenters. The van der Waals surface area contributed by atoms with E-state index < -0.39 is 0 Å². The third-order valence-corrected chi connectivity index (χ3v) is 2.91. The average molecular weight is 344 g/mol. The maximum absolute atomic E-state index is 5.23. The Kier molecular flexibility index (Phi) is 2.29. The summed E-state index contributed by atoms with van der Waals surface area (Å²) in [5.41, 5.74) is 0.648. The molecular weight excluding hydrogens is 340 g/mol. The Bertz CT molecular complexity index is 647. The maximum Gasteiger partial charge on any atom is 0.217 e. The largest absolute Gasteiger partial charge is 0.461 e. The van der Waals surface area contributed by atoms with E-state index in [1.165, 1.54) is 0 Å². The summed E-state index contributed by atoms with van der Waals surface area (Å²) in [6.45, 7) is 0. The molecule has 7 heteroatoms. The first kappa shape index (κ1) is 9.98. The first-order valence-electron chi connectivity index (χ1n) is 4.36. The van der Waals surface area contributed by atoms with Crippen LogP contribution in [0.1, 0.15) is 0 Å². The number of nitrogens with zero attached hydrogens (tertiary/aromatic N) is 4. The number of rotatable bonds is 1. The van der Waals surface area contributed by atoms with Crippen molar-refractivity contribution in [1.82, 2.24) is 19.6 Å². The average Bonchev–Trinajstić information content (AvgIpc) is 2.82. The van der Waals surface area contributed by atoms with Crippen LogP contribution in [-0.2, 0) is 0 Å². The van der Waals surface area contributed by atoms with Crippen LogP contribution < -0.4 is 0 Å². The molecule has 0 amide bonds. The van der Waals surface area contributed by atoms with E-state index in [0.29, 0.717) is 26.4 Å². The summed E-state index contributed by atoms with van der Waals surface area (Å²) in [6.07, 6.45) is 3.32. The minimum atomic E-state index is 0.533. The topological polar surface area (TPSA) is 56.2 Å². The molecule has 3 heterocycles. The lowest BCUT2D eigenvalue weighted by Gasteiger charge is -1.93. The smallest absolute Gasteiger partial charge is 0.217 e. The molecule has 0 aliphatic heterocycles. The Labute approximate surface area is 107 Å². The summed E-state index contributed by atoms with van der Waals surface area (Å²) < 4.78 is 8.19. The highest BCUT2D eigenvalue weighted by Gasteiger charge is 2.12. The van der Waals surface area contributed by atoms with Crippen LogP contribution >= 0.6 is 31.9 Å². The highest BCUT2D eigenvalue weighted by molar-refractivity contribution is 9.11. The molecule has 16 heavy (non-hydrogen) atoms. The van der Waals surface area contributed by atoms with Gasteiger partial charge in [-0.05, 0) is 44.0 Å². The summed E-state index contributed by atoms with van der Waals surface area (Å²) >= 11 is 6.62. The molecule has 3 aromatic heterocycles. The van der Waals surface area contributed by atoms with E-state index in [1.54, 1.807) is 23.0 Å². The Morgan fingerprint density at radius 1 is 1.25 bits per heavy atom. The van der Waals surface area contributed by atoms with Crippen LogP contribution in [0.4, 0.5) is 0 Å². The van der Waals surface area contributed by atoms with Gasteiger partial charge in [-0.15, -0.1) is 5.10 Å². The van der Waals surface area contributed by atoms with Crippen molar-refractivity contribution in [3.8, 4) is 11.6 Å². The standard InChI is InChI=1S/C9H4Br2N4O/c10-6-4-15-9(7(11)12-6)13-8(14-15)5-2-1-3-16-5/h1-4H. The summed E-state index contributed by atoms with van der Waals surface area (Å²) in [7, 11) is 0. The molecule has 0 N–H and O–H groups in total. The fourth-order valence-corrected chi connectivity index (χ4v) is 2.41. The molecule has 0 radical (unpaired) electrons. The van der Waals surface area contributed by atoms with Crippen LogP contribution in [0.25, 0.3) is 17.2 Å². The second kappa shape index (κ2) is 3.67. The molecule has 0 spiro atoms. The minimum Gasteiger partial charge on any atom is -0.461 e. The monoisotopic (exact) mass is 342 g/mol. The third-order valence-electron chi connectivity index (χ3n) is 1.99. The third kappa shape index (κ3) is 1.56. The van der Waals surface area contributed by atoms with Crippen molar-refractivity contribution in [3.05, 3.63) is 33.8 Å². The number of fused-ring (bicyclic) bond motifs is 1. The van der Waals surface area contributed by atoms with Crippen molar-refractivity contribution in [3.63, 3.8) is 0 Å². The lowest BCUT2D eigenvalue weighted by molar-refractivity contribution is 0.577. The molecule has 0 aliphatic rings. The van der Waals surface area contributed by atoms with Gasteiger partial charge >= 0.3 is 0 Å². The highest BCUT2D eigenvalue weighted by atomic mass is 79.9. The molecule has 80 valence electrons. The summed E-state index contributed by atoms with van der Waals surface area (Å²) in [4.78, 5) is 8.50. The molecule has 0 aromatic carbocycles. The number of furan rings is 1. The second-order valence-electron chi connectivity index (χ2n) is 3.04. The van der Waals surface area contributed by atoms with Crippen LogP contribution in [0.15, 0.2) is 38.2 Å². The van der Waals surface area contributed by atoms with Gasteiger partial charge in [0, 0.05) is 0 Å². The van der Waals surface area contributed by atoms with Crippen LogP contribution in [0.2, 0.25) is 0 Å². The zero-order chi connectivity index (χ0) is 11.1. The zero-order valence-corrected chi connectivity index (χ0v) is 10.9. The van der Waals surface area contributed by atoms with Gasteiger partial charge in [0.05, 0.1) is 12.5 Å². The van der Waals surface area contributed by atoms with E-state index in [2.05, 4.69) is 46.9 Å². The Morgan fingerprint density at radius 2 is 2.12 bits per heavy atom. The van der Waals surface area contributed by atoms with E-state index in [-0.39, 0.29) is 0 Å². The normalized spacial score (nSPS) is 11.1. The van der Waals surface area contributed by atoms with Gasteiger partial charge in [-0.2, -0.15) is 0 Å².